The van der Waals surface area contributed by atoms with E-state index in [4.69, 9.17) is 9.47 Å². The summed E-state index contributed by atoms with van der Waals surface area (Å²) in [6.45, 7) is 1.68. The predicted molar refractivity (Wildman–Crippen MR) is 124 cm³/mol. The van der Waals surface area contributed by atoms with Crippen molar-refractivity contribution in [2.45, 2.75) is 37.1 Å². The van der Waals surface area contributed by atoms with E-state index in [0.717, 1.165) is 17.7 Å². The number of unbranched alkanes of at least 4 members (excludes halogenated alkanes) is 2. The normalized spacial score (nSPS) is 12.9. The van der Waals surface area contributed by atoms with Crippen LogP contribution in [0.2, 0.25) is 0 Å². The van der Waals surface area contributed by atoms with Crippen LogP contribution >= 0.6 is 0 Å². The Bertz CT molecular complexity index is 1010. The Morgan fingerprint density at radius 1 is 0.969 bits per heavy atom. The number of ether oxygens (including phenoxy) is 2. The predicted octanol–water partition coefficient (Wildman–Crippen LogP) is 2.68. The minimum atomic E-state index is -3.61. The van der Waals surface area contributed by atoms with Crippen LogP contribution in [-0.4, -0.2) is 48.2 Å². The van der Waals surface area contributed by atoms with Gasteiger partial charge in [-0.1, -0.05) is 18.6 Å². The SMILES string of the molecule is CN(C)c1ccc(CNC(=O)CCCCCNS(=O)(=O)c2ccc3c(c2)OCCO3)cc1. The second kappa shape index (κ2) is 11.2. The number of hydrogen-bond acceptors (Lipinski definition) is 6. The Hall–Kier alpha value is -2.78. The molecule has 0 atom stereocenters. The van der Waals surface area contributed by atoms with Crippen molar-refractivity contribution in [3.63, 3.8) is 0 Å². The number of carbonyl (C=O) groups excluding carboxylic acids is 1. The van der Waals surface area contributed by atoms with Gasteiger partial charge in [0.1, 0.15) is 13.2 Å². The van der Waals surface area contributed by atoms with E-state index in [9.17, 15) is 13.2 Å². The van der Waals surface area contributed by atoms with E-state index in [0.29, 0.717) is 57.1 Å². The molecule has 32 heavy (non-hydrogen) atoms. The monoisotopic (exact) mass is 461 g/mol. The molecule has 8 nitrogen and oxygen atoms in total. The highest BCUT2D eigenvalue weighted by Gasteiger charge is 2.18. The lowest BCUT2D eigenvalue weighted by atomic mass is 10.1. The fourth-order valence-corrected chi connectivity index (χ4v) is 4.36. The second-order valence-corrected chi connectivity index (χ2v) is 9.62. The van der Waals surface area contributed by atoms with E-state index in [-0.39, 0.29) is 10.8 Å². The number of sulfonamides is 1. The molecule has 0 unspecified atom stereocenters. The molecule has 1 aliphatic rings. The number of anilines is 1. The lowest BCUT2D eigenvalue weighted by molar-refractivity contribution is -0.121. The van der Waals surface area contributed by atoms with Crippen LogP contribution in [0, 0.1) is 0 Å². The van der Waals surface area contributed by atoms with E-state index in [1.54, 1.807) is 6.07 Å². The van der Waals surface area contributed by atoms with Crippen molar-refractivity contribution in [3.05, 3.63) is 48.0 Å². The molecule has 3 rings (SSSR count). The molecule has 174 valence electrons. The van der Waals surface area contributed by atoms with E-state index in [1.165, 1.54) is 12.1 Å². The molecule has 0 radical (unpaired) electrons. The third-order valence-corrected chi connectivity index (χ3v) is 6.60. The van der Waals surface area contributed by atoms with Crippen molar-refractivity contribution in [1.82, 2.24) is 10.0 Å². The van der Waals surface area contributed by atoms with Crippen LogP contribution in [-0.2, 0) is 21.4 Å². The molecular formula is C23H31N3O5S. The van der Waals surface area contributed by atoms with Crippen molar-refractivity contribution in [2.75, 3.05) is 38.8 Å². The molecule has 1 amide bonds. The van der Waals surface area contributed by atoms with Crippen molar-refractivity contribution in [3.8, 4) is 11.5 Å². The van der Waals surface area contributed by atoms with E-state index in [1.807, 2.05) is 43.3 Å². The molecule has 2 aromatic carbocycles. The smallest absolute Gasteiger partial charge is 0.240 e. The first kappa shape index (κ1) is 23.9. The summed E-state index contributed by atoms with van der Waals surface area (Å²) >= 11 is 0. The molecule has 0 aliphatic carbocycles. The maximum absolute atomic E-state index is 12.5. The highest BCUT2D eigenvalue weighted by Crippen LogP contribution is 2.32. The first-order chi connectivity index (χ1) is 15.3. The molecule has 0 saturated carbocycles. The highest BCUT2D eigenvalue weighted by atomic mass is 32.2. The van der Waals surface area contributed by atoms with Crippen LogP contribution in [0.4, 0.5) is 5.69 Å². The molecule has 0 aromatic heterocycles. The summed E-state index contributed by atoms with van der Waals surface area (Å²) in [6.07, 6.45) is 2.54. The molecule has 2 N–H and O–H groups in total. The van der Waals surface area contributed by atoms with Gasteiger partial charge in [-0.25, -0.2) is 13.1 Å². The minimum absolute atomic E-state index is 0.00135. The summed E-state index contributed by atoms with van der Waals surface area (Å²) in [7, 11) is 0.360. The highest BCUT2D eigenvalue weighted by molar-refractivity contribution is 7.89. The Labute approximate surface area is 190 Å². The first-order valence-electron chi connectivity index (χ1n) is 10.8. The zero-order valence-electron chi connectivity index (χ0n) is 18.6. The van der Waals surface area contributed by atoms with Gasteiger partial charge in [0, 0.05) is 45.4 Å². The van der Waals surface area contributed by atoms with Crippen LogP contribution in [0.1, 0.15) is 31.2 Å². The van der Waals surface area contributed by atoms with Gasteiger partial charge >= 0.3 is 0 Å². The molecule has 1 aliphatic heterocycles. The van der Waals surface area contributed by atoms with Crippen molar-refractivity contribution < 1.29 is 22.7 Å². The number of rotatable bonds is 11. The Morgan fingerprint density at radius 3 is 2.41 bits per heavy atom. The zero-order valence-corrected chi connectivity index (χ0v) is 19.4. The van der Waals surface area contributed by atoms with Crippen molar-refractivity contribution >= 4 is 21.6 Å². The first-order valence-corrected chi connectivity index (χ1v) is 12.3. The van der Waals surface area contributed by atoms with Crippen LogP contribution in [0.25, 0.3) is 0 Å². The van der Waals surface area contributed by atoms with Crippen molar-refractivity contribution in [2.24, 2.45) is 0 Å². The zero-order chi connectivity index (χ0) is 23.0. The number of amides is 1. The summed E-state index contributed by atoms with van der Waals surface area (Å²) in [5.41, 5.74) is 2.17. The number of benzene rings is 2. The number of hydrogen-bond donors (Lipinski definition) is 2. The molecule has 0 bridgehead atoms. The average molecular weight is 462 g/mol. The van der Waals surface area contributed by atoms with Gasteiger partial charge in [-0.15, -0.1) is 0 Å². The number of nitrogens with zero attached hydrogens (tertiary/aromatic N) is 1. The molecule has 1 heterocycles. The van der Waals surface area contributed by atoms with Gasteiger partial charge in [0.2, 0.25) is 15.9 Å². The van der Waals surface area contributed by atoms with Crippen LogP contribution < -0.4 is 24.4 Å². The Balaban J connectivity index is 1.31. The molecular weight excluding hydrogens is 430 g/mol. The molecule has 2 aromatic rings. The van der Waals surface area contributed by atoms with Gasteiger partial charge in [0.05, 0.1) is 4.90 Å². The van der Waals surface area contributed by atoms with E-state index >= 15 is 0 Å². The maximum Gasteiger partial charge on any atom is 0.240 e. The molecule has 0 spiro atoms. The Kier molecular flexibility index (Phi) is 8.35. The minimum Gasteiger partial charge on any atom is -0.486 e. The van der Waals surface area contributed by atoms with Gasteiger partial charge in [-0.05, 0) is 42.7 Å². The number of carbonyl (C=O) groups is 1. The second-order valence-electron chi connectivity index (χ2n) is 7.85. The van der Waals surface area contributed by atoms with Gasteiger partial charge < -0.3 is 19.7 Å². The third-order valence-electron chi connectivity index (χ3n) is 5.14. The topological polar surface area (TPSA) is 97.0 Å². The molecule has 0 fully saturated rings. The molecule has 0 saturated heterocycles. The van der Waals surface area contributed by atoms with Gasteiger partial charge in [0.15, 0.2) is 11.5 Å². The van der Waals surface area contributed by atoms with Gasteiger partial charge in [0.25, 0.3) is 0 Å². The summed E-state index contributed by atoms with van der Waals surface area (Å²) in [5, 5.41) is 2.92. The van der Waals surface area contributed by atoms with E-state index in [2.05, 4.69) is 10.0 Å². The third kappa shape index (κ3) is 6.86. The number of nitrogens with one attached hydrogen (secondary N) is 2. The fraction of sp³-hybridized carbons (Fsp3) is 0.435. The van der Waals surface area contributed by atoms with Crippen LogP contribution in [0.3, 0.4) is 0 Å². The van der Waals surface area contributed by atoms with Crippen molar-refractivity contribution in [1.29, 1.82) is 0 Å². The van der Waals surface area contributed by atoms with Crippen LogP contribution in [0.5, 0.6) is 11.5 Å². The maximum atomic E-state index is 12.5. The lowest BCUT2D eigenvalue weighted by Crippen LogP contribution is -2.25. The largest absolute Gasteiger partial charge is 0.486 e. The lowest BCUT2D eigenvalue weighted by Gasteiger charge is -2.18. The summed E-state index contributed by atoms with van der Waals surface area (Å²) in [6, 6.07) is 12.6. The average Bonchev–Trinajstić information content (AvgIpc) is 2.79. The number of fused-ring (bicyclic) bond motifs is 1. The van der Waals surface area contributed by atoms with Crippen LogP contribution in [0.15, 0.2) is 47.4 Å². The van der Waals surface area contributed by atoms with Gasteiger partial charge in [-0.3, -0.25) is 4.79 Å². The van der Waals surface area contributed by atoms with E-state index < -0.39 is 10.0 Å². The molecule has 9 heteroatoms. The Morgan fingerprint density at radius 2 is 1.69 bits per heavy atom. The summed E-state index contributed by atoms with van der Waals surface area (Å²) < 4.78 is 38.4. The summed E-state index contributed by atoms with van der Waals surface area (Å²) in [5.74, 6) is 0.997. The standard InChI is InChI=1S/C23H31N3O5S/c1-26(2)19-9-7-18(8-10-19)17-24-23(27)6-4-3-5-13-25-32(28,29)20-11-12-21-22(16-20)31-15-14-30-21/h7-12,16,25H,3-6,13-15,17H2,1-2H3,(H,24,27). The quantitative estimate of drug-likeness (QED) is 0.500. The fourth-order valence-electron chi connectivity index (χ4n) is 3.27. The van der Waals surface area contributed by atoms with Gasteiger partial charge in [-0.2, -0.15) is 0 Å². The summed E-state index contributed by atoms with van der Waals surface area (Å²) in [4.78, 5) is 14.2.